The molecule has 0 bridgehead atoms. The molecule has 0 aliphatic carbocycles. The minimum absolute atomic E-state index is 0.00324. The third-order valence-electron chi connectivity index (χ3n) is 2.96. The molecule has 7 nitrogen and oxygen atoms in total. The van der Waals surface area contributed by atoms with Gasteiger partial charge < -0.3 is 9.72 Å². The molecule has 0 radical (unpaired) electrons. The Morgan fingerprint density at radius 1 is 1.48 bits per heavy atom. The van der Waals surface area contributed by atoms with Crippen molar-refractivity contribution in [3.8, 4) is 10.7 Å². The van der Waals surface area contributed by atoms with Gasteiger partial charge in [0.1, 0.15) is 10.5 Å². The smallest absolute Gasteiger partial charge is 0.357 e. The Hall–Kier alpha value is -2.74. The molecule has 21 heavy (non-hydrogen) atoms. The zero-order valence-electron chi connectivity index (χ0n) is 10.8. The van der Waals surface area contributed by atoms with Crippen molar-refractivity contribution in [1.29, 1.82) is 0 Å². The molecule has 3 aromatic rings. The van der Waals surface area contributed by atoms with Crippen LogP contribution in [0.1, 0.15) is 10.5 Å². The van der Waals surface area contributed by atoms with Gasteiger partial charge in [0.25, 0.3) is 5.69 Å². The van der Waals surface area contributed by atoms with E-state index in [1.54, 1.807) is 23.6 Å². The summed E-state index contributed by atoms with van der Waals surface area (Å²) >= 11 is 1.26. The minimum atomic E-state index is -0.514. The maximum absolute atomic E-state index is 11.4. The standard InChI is InChI=1S/C13H9N3O4S/c1-20-13(17)9-6-21-12(15-9)8-5-7-3-2-4-10(16(18)19)11(7)14-8/h2-6,14H,1H3. The molecule has 0 fully saturated rings. The summed E-state index contributed by atoms with van der Waals surface area (Å²) in [6, 6.07) is 6.60. The Morgan fingerprint density at radius 2 is 2.29 bits per heavy atom. The van der Waals surface area contributed by atoms with Crippen LogP contribution in [-0.4, -0.2) is 28.0 Å². The maximum Gasteiger partial charge on any atom is 0.357 e. The number of H-pyrrole nitrogens is 1. The number of benzene rings is 1. The van der Waals surface area contributed by atoms with Gasteiger partial charge in [-0.05, 0) is 6.07 Å². The number of non-ortho nitro benzene ring substituents is 1. The van der Waals surface area contributed by atoms with Crippen molar-refractivity contribution in [3.05, 3.63) is 45.5 Å². The van der Waals surface area contributed by atoms with Gasteiger partial charge in [-0.1, -0.05) is 12.1 Å². The summed E-state index contributed by atoms with van der Waals surface area (Å²) in [6.07, 6.45) is 0. The van der Waals surface area contributed by atoms with E-state index in [9.17, 15) is 14.9 Å². The number of nitrogens with one attached hydrogen (secondary N) is 1. The molecule has 106 valence electrons. The number of carbonyl (C=O) groups is 1. The Bertz CT molecular complexity index is 852. The Balaban J connectivity index is 2.09. The molecule has 3 rings (SSSR count). The van der Waals surface area contributed by atoms with Gasteiger partial charge in [-0.3, -0.25) is 10.1 Å². The number of carbonyl (C=O) groups excluding carboxylic acids is 1. The predicted molar refractivity (Wildman–Crippen MR) is 77.4 cm³/mol. The number of hydrogen-bond acceptors (Lipinski definition) is 6. The van der Waals surface area contributed by atoms with Crippen molar-refractivity contribution in [2.24, 2.45) is 0 Å². The molecule has 0 atom stereocenters. The van der Waals surface area contributed by atoms with Gasteiger partial charge >= 0.3 is 5.97 Å². The Kier molecular flexibility index (Phi) is 3.15. The van der Waals surface area contributed by atoms with Crippen LogP contribution in [0.4, 0.5) is 5.69 Å². The monoisotopic (exact) mass is 303 g/mol. The summed E-state index contributed by atoms with van der Waals surface area (Å²) in [4.78, 5) is 29.1. The van der Waals surface area contributed by atoms with Crippen LogP contribution in [0.3, 0.4) is 0 Å². The number of thiazole rings is 1. The van der Waals surface area contributed by atoms with Crippen LogP contribution in [0, 0.1) is 10.1 Å². The Labute approximate surface area is 122 Å². The van der Waals surface area contributed by atoms with Gasteiger partial charge in [0.05, 0.1) is 17.7 Å². The van der Waals surface area contributed by atoms with E-state index in [1.807, 2.05) is 0 Å². The SMILES string of the molecule is COC(=O)c1csc(-c2cc3cccc([N+](=O)[O-])c3[nH]2)n1. The summed E-state index contributed by atoms with van der Waals surface area (Å²) in [7, 11) is 1.29. The van der Waals surface area contributed by atoms with Crippen LogP contribution in [0.25, 0.3) is 21.6 Å². The number of fused-ring (bicyclic) bond motifs is 1. The number of hydrogen-bond donors (Lipinski definition) is 1. The lowest BCUT2D eigenvalue weighted by Crippen LogP contribution is -2.00. The minimum Gasteiger partial charge on any atom is -0.464 e. The number of aromatic nitrogens is 2. The van der Waals surface area contributed by atoms with E-state index in [2.05, 4.69) is 14.7 Å². The second-order valence-electron chi connectivity index (χ2n) is 4.21. The zero-order valence-corrected chi connectivity index (χ0v) is 11.6. The highest BCUT2D eigenvalue weighted by Gasteiger charge is 2.17. The highest BCUT2D eigenvalue weighted by atomic mass is 32.1. The van der Waals surface area contributed by atoms with Gasteiger partial charge in [-0.25, -0.2) is 9.78 Å². The average Bonchev–Trinajstić information content (AvgIpc) is 3.11. The molecule has 0 saturated heterocycles. The maximum atomic E-state index is 11.4. The van der Waals surface area contributed by atoms with Crippen LogP contribution in [0.15, 0.2) is 29.6 Å². The van der Waals surface area contributed by atoms with E-state index < -0.39 is 10.9 Å². The fraction of sp³-hybridized carbons (Fsp3) is 0.0769. The molecule has 0 amide bonds. The number of nitro benzene ring substituents is 1. The van der Waals surface area contributed by atoms with E-state index in [1.165, 1.54) is 24.5 Å². The predicted octanol–water partition coefficient (Wildman–Crippen LogP) is 2.99. The van der Waals surface area contributed by atoms with Gasteiger partial charge in [0.15, 0.2) is 5.69 Å². The lowest BCUT2D eigenvalue weighted by atomic mass is 10.2. The van der Waals surface area contributed by atoms with E-state index >= 15 is 0 Å². The number of ether oxygens (including phenoxy) is 1. The lowest BCUT2D eigenvalue weighted by molar-refractivity contribution is -0.383. The summed E-state index contributed by atoms with van der Waals surface area (Å²) in [5.74, 6) is -0.514. The van der Waals surface area contributed by atoms with Crippen molar-refractivity contribution < 1.29 is 14.5 Å². The number of methoxy groups -OCH3 is 1. The van der Waals surface area contributed by atoms with Crippen molar-refractivity contribution in [2.75, 3.05) is 7.11 Å². The third-order valence-corrected chi connectivity index (χ3v) is 3.84. The fourth-order valence-corrected chi connectivity index (χ4v) is 2.76. The molecule has 0 aliphatic heterocycles. The second kappa shape index (κ2) is 4.98. The highest BCUT2D eigenvalue weighted by molar-refractivity contribution is 7.13. The molecule has 0 unspecified atom stereocenters. The molecule has 8 heteroatoms. The van der Waals surface area contributed by atoms with E-state index in [4.69, 9.17) is 0 Å². The molecular formula is C13H9N3O4S. The number of esters is 1. The first-order valence-electron chi connectivity index (χ1n) is 5.90. The first kappa shape index (κ1) is 13.3. The van der Waals surface area contributed by atoms with E-state index in [0.717, 1.165) is 0 Å². The largest absolute Gasteiger partial charge is 0.464 e. The van der Waals surface area contributed by atoms with Crippen LogP contribution >= 0.6 is 11.3 Å². The van der Waals surface area contributed by atoms with Crippen molar-refractivity contribution in [1.82, 2.24) is 9.97 Å². The topological polar surface area (TPSA) is 98.1 Å². The van der Waals surface area contributed by atoms with E-state index in [-0.39, 0.29) is 11.4 Å². The second-order valence-corrected chi connectivity index (χ2v) is 5.07. The summed E-state index contributed by atoms with van der Waals surface area (Å²) < 4.78 is 4.60. The van der Waals surface area contributed by atoms with Gasteiger partial charge in [-0.15, -0.1) is 11.3 Å². The first-order valence-corrected chi connectivity index (χ1v) is 6.78. The zero-order chi connectivity index (χ0) is 15.0. The van der Waals surface area contributed by atoms with Gasteiger partial charge in [0.2, 0.25) is 0 Å². The molecular weight excluding hydrogens is 294 g/mol. The van der Waals surface area contributed by atoms with Crippen molar-refractivity contribution in [2.45, 2.75) is 0 Å². The van der Waals surface area contributed by atoms with Crippen LogP contribution < -0.4 is 0 Å². The van der Waals surface area contributed by atoms with Crippen LogP contribution in [-0.2, 0) is 4.74 Å². The average molecular weight is 303 g/mol. The molecule has 0 saturated carbocycles. The molecule has 1 N–H and O–H groups in total. The number of para-hydroxylation sites is 1. The molecule has 1 aromatic carbocycles. The van der Waals surface area contributed by atoms with Crippen molar-refractivity contribution in [3.63, 3.8) is 0 Å². The molecule has 0 spiro atoms. The third kappa shape index (κ3) is 2.25. The van der Waals surface area contributed by atoms with Gasteiger partial charge in [0, 0.05) is 16.8 Å². The van der Waals surface area contributed by atoms with Gasteiger partial charge in [-0.2, -0.15) is 0 Å². The first-order chi connectivity index (χ1) is 10.1. The normalized spacial score (nSPS) is 10.7. The number of rotatable bonds is 3. The fourth-order valence-electron chi connectivity index (χ4n) is 2.00. The van der Waals surface area contributed by atoms with Crippen LogP contribution in [0.2, 0.25) is 0 Å². The lowest BCUT2D eigenvalue weighted by Gasteiger charge is -1.93. The summed E-state index contributed by atoms with van der Waals surface area (Å²) in [5, 5.41) is 13.9. The van der Waals surface area contributed by atoms with Crippen LogP contribution in [0.5, 0.6) is 0 Å². The Morgan fingerprint density at radius 3 is 3.00 bits per heavy atom. The van der Waals surface area contributed by atoms with E-state index in [0.29, 0.717) is 21.6 Å². The number of nitrogens with zero attached hydrogens (tertiary/aromatic N) is 2. The number of aromatic amines is 1. The molecule has 0 aliphatic rings. The quantitative estimate of drug-likeness (QED) is 0.455. The number of nitro groups is 1. The molecule has 2 heterocycles. The highest BCUT2D eigenvalue weighted by Crippen LogP contribution is 2.31. The summed E-state index contributed by atoms with van der Waals surface area (Å²) in [6.45, 7) is 0. The van der Waals surface area contributed by atoms with Crippen molar-refractivity contribution >= 4 is 33.9 Å². The summed E-state index contributed by atoms with van der Waals surface area (Å²) in [5.41, 5.74) is 1.28. The molecule has 2 aromatic heterocycles.